The van der Waals surface area contributed by atoms with E-state index < -0.39 is 17.7 Å². The van der Waals surface area contributed by atoms with Crippen molar-refractivity contribution >= 4 is 35.7 Å². The van der Waals surface area contributed by atoms with E-state index in [0.29, 0.717) is 36.6 Å². The summed E-state index contributed by atoms with van der Waals surface area (Å²) >= 11 is 6.35. The maximum Gasteiger partial charge on any atom is 0.411 e. The molecule has 0 radical (unpaired) electrons. The minimum Gasteiger partial charge on any atom is -0.447 e. The number of halogens is 1. The summed E-state index contributed by atoms with van der Waals surface area (Å²) in [5, 5.41) is 12.1. The Morgan fingerprint density at radius 2 is 1.92 bits per heavy atom. The summed E-state index contributed by atoms with van der Waals surface area (Å²) in [6.07, 6.45) is 1.63. The Morgan fingerprint density at radius 1 is 1.24 bits per heavy atom. The van der Waals surface area contributed by atoms with Crippen LogP contribution in [0.2, 0.25) is 5.02 Å². The zero-order chi connectivity index (χ0) is 26.8. The number of ether oxygens (including phenoxy) is 1. The van der Waals surface area contributed by atoms with Crippen LogP contribution < -0.4 is 11.1 Å². The SMILES string of the molecule is CCc1ccc(NC(=O)OCC2(N(C=O)Cc3ccccc3Cl)CCN(C(=O)C(N)CC#N)CC2)cc1. The number of hydrogen-bond donors (Lipinski definition) is 2. The van der Waals surface area contributed by atoms with Crippen LogP contribution in [0.25, 0.3) is 0 Å². The molecular weight excluding hydrogens is 494 g/mol. The number of hydrogen-bond acceptors (Lipinski definition) is 6. The lowest BCUT2D eigenvalue weighted by Crippen LogP contribution is -2.59. The Balaban J connectivity index is 1.75. The third-order valence-electron chi connectivity index (χ3n) is 6.75. The molecule has 0 bridgehead atoms. The smallest absolute Gasteiger partial charge is 0.411 e. The van der Waals surface area contributed by atoms with Gasteiger partial charge in [-0.3, -0.25) is 14.9 Å². The van der Waals surface area contributed by atoms with Crippen molar-refractivity contribution in [1.29, 1.82) is 5.26 Å². The highest BCUT2D eigenvalue weighted by atomic mass is 35.5. The number of carbonyl (C=O) groups is 3. The fraction of sp³-hybridized carbons (Fsp3) is 0.407. The molecule has 3 N–H and O–H groups in total. The first-order valence-electron chi connectivity index (χ1n) is 12.2. The molecule has 1 aliphatic rings. The summed E-state index contributed by atoms with van der Waals surface area (Å²) < 4.78 is 5.62. The van der Waals surface area contributed by atoms with Crippen LogP contribution in [-0.2, 0) is 27.3 Å². The van der Waals surface area contributed by atoms with E-state index in [0.717, 1.165) is 24.0 Å². The van der Waals surface area contributed by atoms with Gasteiger partial charge in [-0.05, 0) is 48.6 Å². The minimum absolute atomic E-state index is 0.0681. The number of nitriles is 1. The predicted molar refractivity (Wildman–Crippen MR) is 141 cm³/mol. The second kappa shape index (κ2) is 13.1. The Kier molecular flexibility index (Phi) is 9.89. The number of carbonyl (C=O) groups excluding carboxylic acids is 3. The lowest BCUT2D eigenvalue weighted by molar-refractivity contribution is -0.139. The van der Waals surface area contributed by atoms with Crippen LogP contribution in [0.5, 0.6) is 0 Å². The molecular formula is C27H32ClN5O4. The van der Waals surface area contributed by atoms with Gasteiger partial charge < -0.3 is 20.3 Å². The topological polar surface area (TPSA) is 129 Å². The molecule has 2 aromatic rings. The molecule has 3 amide bonds. The van der Waals surface area contributed by atoms with E-state index in [-0.39, 0.29) is 25.5 Å². The molecule has 1 fully saturated rings. The van der Waals surface area contributed by atoms with E-state index in [1.165, 1.54) is 0 Å². The number of anilines is 1. The van der Waals surface area contributed by atoms with Crippen molar-refractivity contribution in [3.63, 3.8) is 0 Å². The molecule has 0 spiro atoms. The van der Waals surface area contributed by atoms with Crippen LogP contribution in [0.15, 0.2) is 48.5 Å². The van der Waals surface area contributed by atoms with Gasteiger partial charge in [0.15, 0.2) is 0 Å². The molecule has 0 aromatic heterocycles. The van der Waals surface area contributed by atoms with E-state index in [2.05, 4.69) is 5.32 Å². The number of rotatable bonds is 10. The van der Waals surface area contributed by atoms with Gasteiger partial charge in [-0.15, -0.1) is 0 Å². The maximum atomic E-state index is 12.6. The molecule has 1 unspecified atom stereocenters. The minimum atomic E-state index is -0.899. The Hall–Kier alpha value is -3.61. The third kappa shape index (κ3) is 7.21. The normalized spacial score (nSPS) is 15.2. The molecule has 0 saturated carbocycles. The summed E-state index contributed by atoms with van der Waals surface area (Å²) in [6.45, 7) is 2.80. The Labute approximate surface area is 222 Å². The number of nitrogens with zero attached hydrogens (tertiary/aromatic N) is 3. The number of likely N-dealkylation sites (tertiary alicyclic amines) is 1. The fourth-order valence-corrected chi connectivity index (χ4v) is 4.58. The van der Waals surface area contributed by atoms with Gasteiger partial charge in [0.05, 0.1) is 24.1 Å². The zero-order valence-electron chi connectivity index (χ0n) is 20.9. The molecule has 1 atom stereocenters. The number of nitrogens with two attached hydrogens (primary N) is 1. The molecule has 9 nitrogen and oxygen atoms in total. The van der Waals surface area contributed by atoms with Crippen LogP contribution >= 0.6 is 11.6 Å². The van der Waals surface area contributed by atoms with Gasteiger partial charge in [0.1, 0.15) is 6.61 Å². The standard InChI is InChI=1S/C27H32ClN5O4/c1-2-20-7-9-22(10-8-20)31-26(36)37-18-27(33(19-34)17-21-5-3-4-6-23(21)28)12-15-32(16-13-27)25(35)24(30)11-14-29/h3-10,19,24H,2,11-13,15-18,30H2,1H3,(H,31,36). The van der Waals surface area contributed by atoms with Crippen LogP contribution in [0.4, 0.5) is 10.5 Å². The predicted octanol–water partition coefficient (Wildman–Crippen LogP) is 3.71. The van der Waals surface area contributed by atoms with Gasteiger partial charge in [-0.2, -0.15) is 5.26 Å². The van der Waals surface area contributed by atoms with Gasteiger partial charge in [0.25, 0.3) is 0 Å². The highest BCUT2D eigenvalue weighted by Crippen LogP contribution is 2.32. The van der Waals surface area contributed by atoms with E-state index in [1.54, 1.807) is 28.0 Å². The molecule has 3 rings (SSSR count). The van der Waals surface area contributed by atoms with Crippen molar-refractivity contribution in [2.45, 2.75) is 50.7 Å². The molecule has 1 aliphatic heterocycles. The maximum absolute atomic E-state index is 12.6. The summed E-state index contributed by atoms with van der Waals surface area (Å²) in [5.74, 6) is -0.312. The Morgan fingerprint density at radius 3 is 2.51 bits per heavy atom. The van der Waals surface area contributed by atoms with Crippen molar-refractivity contribution in [3.8, 4) is 6.07 Å². The molecule has 37 heavy (non-hydrogen) atoms. The first-order chi connectivity index (χ1) is 17.8. The summed E-state index contributed by atoms with van der Waals surface area (Å²) in [6, 6.07) is 15.7. The molecule has 2 aromatic carbocycles. The molecule has 1 saturated heterocycles. The van der Waals surface area contributed by atoms with E-state index in [4.69, 9.17) is 27.3 Å². The summed E-state index contributed by atoms with van der Waals surface area (Å²) in [5.41, 5.74) is 7.49. The van der Waals surface area contributed by atoms with Gasteiger partial charge in [0.2, 0.25) is 12.3 Å². The number of amides is 3. The van der Waals surface area contributed by atoms with Crippen LogP contribution in [0.3, 0.4) is 0 Å². The Bertz CT molecular complexity index is 1130. The van der Waals surface area contributed by atoms with Gasteiger partial charge in [-0.1, -0.05) is 48.9 Å². The zero-order valence-corrected chi connectivity index (χ0v) is 21.6. The van der Waals surface area contributed by atoms with Crippen molar-refractivity contribution in [2.75, 3.05) is 25.0 Å². The average Bonchev–Trinajstić information content (AvgIpc) is 2.92. The highest BCUT2D eigenvalue weighted by molar-refractivity contribution is 6.31. The first-order valence-corrected chi connectivity index (χ1v) is 12.6. The largest absolute Gasteiger partial charge is 0.447 e. The molecule has 0 aliphatic carbocycles. The monoisotopic (exact) mass is 525 g/mol. The lowest BCUT2D eigenvalue weighted by atomic mass is 9.85. The molecule has 196 valence electrons. The number of aryl methyl sites for hydroxylation is 1. The van der Waals surface area contributed by atoms with Crippen LogP contribution in [0, 0.1) is 11.3 Å². The van der Waals surface area contributed by atoms with Crippen molar-refractivity contribution < 1.29 is 19.1 Å². The van der Waals surface area contributed by atoms with E-state index >= 15 is 0 Å². The fourth-order valence-electron chi connectivity index (χ4n) is 4.38. The molecule has 10 heteroatoms. The summed E-state index contributed by atoms with van der Waals surface area (Å²) in [7, 11) is 0. The highest BCUT2D eigenvalue weighted by Gasteiger charge is 2.42. The van der Waals surface area contributed by atoms with E-state index in [9.17, 15) is 14.4 Å². The molecule has 1 heterocycles. The average molecular weight is 526 g/mol. The van der Waals surface area contributed by atoms with Crippen molar-refractivity contribution in [3.05, 3.63) is 64.7 Å². The number of nitrogens with one attached hydrogen (secondary N) is 1. The third-order valence-corrected chi connectivity index (χ3v) is 7.12. The number of benzene rings is 2. The lowest BCUT2D eigenvalue weighted by Gasteiger charge is -2.47. The quantitative estimate of drug-likeness (QED) is 0.455. The van der Waals surface area contributed by atoms with Crippen LogP contribution in [-0.4, -0.2) is 59.5 Å². The van der Waals surface area contributed by atoms with E-state index in [1.807, 2.05) is 43.3 Å². The first kappa shape index (κ1) is 28.0. The summed E-state index contributed by atoms with van der Waals surface area (Å²) in [4.78, 5) is 40.8. The van der Waals surface area contributed by atoms with Gasteiger partial charge in [0, 0.05) is 30.3 Å². The number of piperidine rings is 1. The van der Waals surface area contributed by atoms with Crippen molar-refractivity contribution in [2.24, 2.45) is 5.73 Å². The second-order valence-corrected chi connectivity index (χ2v) is 9.50. The van der Waals surface area contributed by atoms with Gasteiger partial charge in [-0.25, -0.2) is 4.79 Å². The van der Waals surface area contributed by atoms with Crippen molar-refractivity contribution in [1.82, 2.24) is 9.80 Å². The second-order valence-electron chi connectivity index (χ2n) is 9.09. The van der Waals surface area contributed by atoms with Crippen LogP contribution in [0.1, 0.15) is 37.3 Å². The van der Waals surface area contributed by atoms with Gasteiger partial charge >= 0.3 is 6.09 Å².